The molecule has 0 radical (unpaired) electrons. The van der Waals surface area contributed by atoms with E-state index in [-0.39, 0.29) is 34.3 Å². The maximum Gasteiger partial charge on any atom is 0.397 e. The minimum absolute atomic E-state index is 0.00877. The highest BCUT2D eigenvalue weighted by Crippen LogP contribution is 2.36. The number of nitrogens with zero attached hydrogens (tertiary/aromatic N) is 1. The summed E-state index contributed by atoms with van der Waals surface area (Å²) in [6.07, 6.45) is -3.48. The molecule has 1 atom stereocenters. The fraction of sp³-hybridized carbons (Fsp3) is 0.500. The Bertz CT molecular complexity index is 922. The number of aryl methyl sites for hydroxylation is 1. The zero-order chi connectivity index (χ0) is 19.9. The van der Waals surface area contributed by atoms with Gasteiger partial charge in [-0.3, -0.25) is 0 Å². The summed E-state index contributed by atoms with van der Waals surface area (Å²) >= 11 is 0.465. The van der Waals surface area contributed by atoms with E-state index >= 15 is 0 Å². The average Bonchev–Trinajstić information content (AvgIpc) is 2.85. The molecule has 0 bridgehead atoms. The third-order valence-electron chi connectivity index (χ3n) is 4.04. The second kappa shape index (κ2) is 7.05. The monoisotopic (exact) mass is 413 g/mol. The Morgan fingerprint density at radius 3 is 2.31 bits per heavy atom. The number of benzene rings is 1. The Hall–Kier alpha value is -1.26. The van der Waals surface area contributed by atoms with Crippen molar-refractivity contribution in [1.82, 2.24) is 3.97 Å². The van der Waals surface area contributed by atoms with Gasteiger partial charge in [-0.2, -0.15) is 13.2 Å². The largest absolute Gasteiger partial charge is 0.397 e. The fourth-order valence-electron chi connectivity index (χ4n) is 2.68. The maximum atomic E-state index is 13.8. The molecule has 2 rings (SSSR count). The van der Waals surface area contributed by atoms with Gasteiger partial charge in [0, 0.05) is 11.1 Å². The maximum absolute atomic E-state index is 13.8. The molecule has 0 spiro atoms. The average molecular weight is 413 g/mol. The van der Waals surface area contributed by atoms with Gasteiger partial charge in [-0.15, -0.1) is 11.8 Å². The van der Waals surface area contributed by atoms with Gasteiger partial charge in [0.05, 0.1) is 23.2 Å². The van der Waals surface area contributed by atoms with Crippen molar-refractivity contribution in [3.05, 3.63) is 35.3 Å². The van der Waals surface area contributed by atoms with Gasteiger partial charge in [0.1, 0.15) is 11.4 Å². The van der Waals surface area contributed by atoms with Gasteiger partial charge in [0.25, 0.3) is 0 Å². The Kier molecular flexibility index (Phi) is 5.70. The first kappa shape index (κ1) is 21.0. The first-order valence-corrected chi connectivity index (χ1v) is 10.7. The van der Waals surface area contributed by atoms with Crippen LogP contribution in [0.2, 0.25) is 0 Å². The molecule has 4 nitrogen and oxygen atoms in total. The molecule has 1 aromatic heterocycles. The third kappa shape index (κ3) is 4.34. The van der Waals surface area contributed by atoms with Gasteiger partial charge in [0.2, 0.25) is 10.0 Å². The predicted molar refractivity (Wildman–Crippen MR) is 94.4 cm³/mol. The van der Waals surface area contributed by atoms with E-state index in [2.05, 4.69) is 0 Å². The molecule has 0 amide bonds. The minimum atomic E-state index is -4.40. The van der Waals surface area contributed by atoms with E-state index in [0.717, 1.165) is 16.3 Å². The molecule has 1 N–H and O–H groups in total. The zero-order valence-corrected chi connectivity index (χ0v) is 16.0. The topological polar surface area (TPSA) is 59.3 Å². The smallest absolute Gasteiger partial charge is 0.383 e. The van der Waals surface area contributed by atoms with Crippen molar-refractivity contribution in [2.75, 3.05) is 17.8 Å². The van der Waals surface area contributed by atoms with Crippen molar-refractivity contribution in [3.63, 3.8) is 0 Å². The Morgan fingerprint density at radius 1 is 1.19 bits per heavy atom. The van der Waals surface area contributed by atoms with Crippen LogP contribution in [0, 0.1) is 12.7 Å². The number of alkyl halides is 3. The zero-order valence-electron chi connectivity index (χ0n) is 14.4. The molecule has 1 unspecified atom stereocenters. The van der Waals surface area contributed by atoms with Crippen molar-refractivity contribution < 1.29 is 31.1 Å². The number of rotatable bonds is 6. The lowest BCUT2D eigenvalue weighted by Crippen LogP contribution is -2.33. The van der Waals surface area contributed by atoms with Crippen molar-refractivity contribution in [2.24, 2.45) is 0 Å². The van der Waals surface area contributed by atoms with E-state index in [1.54, 1.807) is 6.92 Å². The van der Waals surface area contributed by atoms with Crippen LogP contribution in [0.15, 0.2) is 18.2 Å². The molecule has 0 aliphatic carbocycles. The standard InChI is InChI=1S/C16H19F4NO3S2/c1-4-15(22,8-25-9-16(18,19)20)14-7-11-6-12(17)10(2)5-13(11)21(14)26(3,23)24/h5-7,22H,4,8-9H2,1-3H3. The highest BCUT2D eigenvalue weighted by atomic mass is 32.2. The van der Waals surface area contributed by atoms with Gasteiger partial charge < -0.3 is 5.11 Å². The summed E-state index contributed by atoms with van der Waals surface area (Å²) in [5, 5.41) is 11.2. The van der Waals surface area contributed by atoms with Gasteiger partial charge in [-0.05, 0) is 37.1 Å². The number of thioether (sulfide) groups is 1. The molecule has 26 heavy (non-hydrogen) atoms. The molecular weight excluding hydrogens is 394 g/mol. The van der Waals surface area contributed by atoms with Crippen LogP contribution in [0.4, 0.5) is 17.6 Å². The summed E-state index contributed by atoms with van der Waals surface area (Å²) in [5.41, 5.74) is -1.49. The number of aliphatic hydroxyl groups is 1. The van der Waals surface area contributed by atoms with Crippen molar-refractivity contribution in [3.8, 4) is 0 Å². The summed E-state index contributed by atoms with van der Waals surface area (Å²) in [4.78, 5) is 0. The van der Waals surface area contributed by atoms with E-state index in [9.17, 15) is 31.1 Å². The molecule has 0 saturated heterocycles. The van der Waals surface area contributed by atoms with Crippen LogP contribution >= 0.6 is 11.8 Å². The van der Waals surface area contributed by atoms with Gasteiger partial charge in [-0.1, -0.05) is 6.92 Å². The number of hydrogen-bond donors (Lipinski definition) is 1. The molecule has 10 heteroatoms. The lowest BCUT2D eigenvalue weighted by Gasteiger charge is -2.28. The van der Waals surface area contributed by atoms with Crippen molar-refractivity contribution >= 4 is 32.7 Å². The SMILES string of the molecule is CCC(O)(CSCC(F)(F)F)c1cc2cc(F)c(C)cc2n1S(C)(=O)=O. The summed E-state index contributed by atoms with van der Waals surface area (Å²) < 4.78 is 76.6. The van der Waals surface area contributed by atoms with E-state index in [1.165, 1.54) is 19.1 Å². The van der Waals surface area contributed by atoms with Crippen LogP contribution < -0.4 is 0 Å². The summed E-state index contributed by atoms with van der Waals surface area (Å²) in [6, 6.07) is 3.81. The van der Waals surface area contributed by atoms with Gasteiger partial charge in [-0.25, -0.2) is 16.8 Å². The van der Waals surface area contributed by atoms with Crippen molar-refractivity contribution in [2.45, 2.75) is 32.0 Å². The Morgan fingerprint density at radius 2 is 1.81 bits per heavy atom. The summed E-state index contributed by atoms with van der Waals surface area (Å²) in [7, 11) is -3.89. The van der Waals surface area contributed by atoms with E-state index < -0.39 is 33.4 Å². The predicted octanol–water partition coefficient (Wildman–Crippen LogP) is 3.79. The van der Waals surface area contributed by atoms with Crippen molar-refractivity contribution in [1.29, 1.82) is 0 Å². The molecular formula is C16H19F4NO3S2. The molecule has 1 heterocycles. The number of fused-ring (bicyclic) bond motifs is 1. The van der Waals surface area contributed by atoms with Crippen LogP contribution in [-0.4, -0.2) is 41.4 Å². The second-order valence-corrected chi connectivity index (χ2v) is 9.03. The fourth-order valence-corrected chi connectivity index (χ4v) is 4.80. The normalized spacial score (nSPS) is 15.4. The number of aromatic nitrogens is 1. The first-order valence-electron chi connectivity index (χ1n) is 7.68. The molecule has 146 valence electrons. The van der Waals surface area contributed by atoms with Crippen LogP contribution in [-0.2, 0) is 15.6 Å². The Labute approximate surface area is 153 Å². The first-order chi connectivity index (χ1) is 11.8. The lowest BCUT2D eigenvalue weighted by molar-refractivity contribution is -0.105. The number of hydrogen-bond acceptors (Lipinski definition) is 4. The highest BCUT2D eigenvalue weighted by Gasteiger charge is 2.36. The van der Waals surface area contributed by atoms with Gasteiger partial charge >= 0.3 is 6.18 Å². The molecule has 2 aromatic rings. The second-order valence-electron chi connectivity index (χ2n) is 6.21. The van der Waals surface area contributed by atoms with Crippen LogP contribution in [0.3, 0.4) is 0 Å². The van der Waals surface area contributed by atoms with E-state index in [0.29, 0.717) is 11.8 Å². The summed E-state index contributed by atoms with van der Waals surface area (Å²) in [5.74, 6) is -2.06. The Balaban J connectivity index is 2.62. The summed E-state index contributed by atoms with van der Waals surface area (Å²) in [6.45, 7) is 3.02. The highest BCUT2D eigenvalue weighted by molar-refractivity contribution is 7.99. The minimum Gasteiger partial charge on any atom is -0.383 e. The molecule has 0 aliphatic rings. The quantitative estimate of drug-likeness (QED) is 0.732. The number of halogens is 4. The van der Waals surface area contributed by atoms with Gasteiger partial charge in [0.15, 0.2) is 0 Å². The van der Waals surface area contributed by atoms with Crippen LogP contribution in [0.25, 0.3) is 10.9 Å². The van der Waals surface area contributed by atoms with E-state index in [1.807, 2.05) is 0 Å². The molecule has 1 aromatic carbocycles. The van der Waals surface area contributed by atoms with Crippen LogP contribution in [0.1, 0.15) is 24.6 Å². The lowest BCUT2D eigenvalue weighted by atomic mass is 9.99. The molecule has 0 aliphatic heterocycles. The molecule has 0 saturated carbocycles. The molecule has 0 fully saturated rings. The van der Waals surface area contributed by atoms with E-state index in [4.69, 9.17) is 0 Å². The third-order valence-corrected chi connectivity index (χ3v) is 6.31. The van der Waals surface area contributed by atoms with Crippen LogP contribution in [0.5, 0.6) is 0 Å².